The number of ether oxygens (including phenoxy) is 3. The number of piperidine rings is 1. The minimum Gasteiger partial charge on any atom is -0.444 e. The zero-order valence-electron chi connectivity index (χ0n) is 25.3. The van der Waals surface area contributed by atoms with Gasteiger partial charge in [0.1, 0.15) is 11.7 Å². The van der Waals surface area contributed by atoms with Crippen molar-refractivity contribution in [1.82, 2.24) is 29.4 Å². The molecular formula is C27H35F6N7O5. The molecule has 3 aliphatic heterocycles. The highest BCUT2D eigenvalue weighted by atomic mass is 19.4. The Bertz CT molecular complexity index is 1390. The summed E-state index contributed by atoms with van der Waals surface area (Å²) in [6.45, 7) is 9.24. The van der Waals surface area contributed by atoms with Crippen LogP contribution in [0.2, 0.25) is 0 Å². The average Bonchev–Trinajstić information content (AvgIpc) is 3.41. The fourth-order valence-electron chi connectivity index (χ4n) is 5.82. The Kier molecular flexibility index (Phi) is 8.39. The Balaban J connectivity index is 1.28. The second-order valence-electron chi connectivity index (χ2n) is 12.9. The fourth-order valence-corrected chi connectivity index (χ4v) is 5.82. The molecule has 0 spiro atoms. The van der Waals surface area contributed by atoms with Gasteiger partial charge in [0.05, 0.1) is 19.3 Å². The molecule has 3 saturated heterocycles. The van der Waals surface area contributed by atoms with Crippen LogP contribution in [0.25, 0.3) is 5.65 Å². The molecule has 5 heterocycles. The van der Waals surface area contributed by atoms with Crippen LogP contribution in [-0.2, 0) is 9.47 Å². The largest absolute Gasteiger partial charge is 0.444 e. The van der Waals surface area contributed by atoms with Crippen LogP contribution in [0, 0.1) is 0 Å². The van der Waals surface area contributed by atoms with E-state index >= 15 is 0 Å². The number of hydrogen-bond donors (Lipinski definition) is 1. The van der Waals surface area contributed by atoms with Crippen LogP contribution in [0.1, 0.15) is 71.8 Å². The van der Waals surface area contributed by atoms with Crippen LogP contribution < -0.4 is 10.1 Å². The molecule has 250 valence electrons. The Morgan fingerprint density at radius 1 is 0.956 bits per heavy atom. The van der Waals surface area contributed by atoms with E-state index in [1.54, 1.807) is 39.5 Å². The van der Waals surface area contributed by atoms with Gasteiger partial charge in [0.25, 0.3) is 6.10 Å². The SMILES string of the molecule is CC(C)c1cnn2c(NC3CC4CCC(C3)N4C(=O)OC3CN(C(=O)OC(C)(C)C)C3)nc(OC(C(F)(F)F)C(F)(F)F)nc12. The second-order valence-corrected chi connectivity index (χ2v) is 12.9. The summed E-state index contributed by atoms with van der Waals surface area (Å²) in [7, 11) is 0. The van der Waals surface area contributed by atoms with Crippen molar-refractivity contribution in [2.24, 2.45) is 0 Å². The summed E-state index contributed by atoms with van der Waals surface area (Å²) in [4.78, 5) is 36.1. The maximum absolute atomic E-state index is 13.3. The molecule has 45 heavy (non-hydrogen) atoms. The molecule has 2 bridgehead atoms. The minimum absolute atomic E-state index is 0.00510. The number of alkyl halides is 6. The van der Waals surface area contributed by atoms with E-state index in [0.717, 1.165) is 0 Å². The molecule has 1 N–H and O–H groups in total. The molecule has 2 unspecified atom stereocenters. The smallest absolute Gasteiger partial charge is 0.434 e. The van der Waals surface area contributed by atoms with E-state index in [1.165, 1.54) is 15.6 Å². The van der Waals surface area contributed by atoms with Crippen molar-refractivity contribution in [3.63, 3.8) is 0 Å². The maximum atomic E-state index is 13.3. The first-order valence-electron chi connectivity index (χ1n) is 14.6. The molecule has 2 aromatic rings. The third kappa shape index (κ3) is 7.08. The Morgan fingerprint density at radius 2 is 1.56 bits per heavy atom. The van der Waals surface area contributed by atoms with Crippen LogP contribution in [-0.4, -0.2) is 103 Å². The lowest BCUT2D eigenvalue weighted by Gasteiger charge is -2.42. The second kappa shape index (κ2) is 11.6. The van der Waals surface area contributed by atoms with Gasteiger partial charge in [-0.05, 0) is 52.4 Å². The van der Waals surface area contributed by atoms with Gasteiger partial charge in [-0.25, -0.2) is 9.59 Å². The highest BCUT2D eigenvalue weighted by Gasteiger charge is 2.59. The zero-order valence-corrected chi connectivity index (χ0v) is 25.3. The highest BCUT2D eigenvalue weighted by Crippen LogP contribution is 2.39. The molecule has 18 heteroatoms. The molecule has 3 aliphatic rings. The number of nitrogens with one attached hydrogen (secondary N) is 1. The van der Waals surface area contributed by atoms with Gasteiger partial charge in [-0.1, -0.05) is 13.8 Å². The quantitative estimate of drug-likeness (QED) is 0.416. The van der Waals surface area contributed by atoms with Gasteiger partial charge in [0.15, 0.2) is 5.65 Å². The van der Waals surface area contributed by atoms with Gasteiger partial charge >= 0.3 is 30.5 Å². The summed E-state index contributed by atoms with van der Waals surface area (Å²) >= 11 is 0. The van der Waals surface area contributed by atoms with Crippen LogP contribution in [0.3, 0.4) is 0 Å². The lowest BCUT2D eigenvalue weighted by atomic mass is 9.98. The number of hydrogen-bond acceptors (Lipinski definition) is 9. The third-order valence-electron chi connectivity index (χ3n) is 7.86. The minimum atomic E-state index is -5.75. The lowest BCUT2D eigenvalue weighted by molar-refractivity contribution is -0.301. The highest BCUT2D eigenvalue weighted by molar-refractivity contribution is 5.71. The Labute approximate surface area is 254 Å². The van der Waals surface area contributed by atoms with E-state index < -0.39 is 48.4 Å². The van der Waals surface area contributed by atoms with Gasteiger partial charge in [-0.2, -0.15) is 45.9 Å². The summed E-state index contributed by atoms with van der Waals surface area (Å²) in [5.74, 6) is -0.349. The van der Waals surface area contributed by atoms with Crippen molar-refractivity contribution < 1.29 is 50.1 Å². The first kappa shape index (κ1) is 32.7. The number of anilines is 1. The van der Waals surface area contributed by atoms with Crippen molar-refractivity contribution in [2.45, 2.75) is 115 Å². The topological polar surface area (TPSA) is 123 Å². The third-order valence-corrected chi connectivity index (χ3v) is 7.86. The fraction of sp³-hybridized carbons (Fsp3) is 0.741. The van der Waals surface area contributed by atoms with E-state index in [-0.39, 0.29) is 48.7 Å². The van der Waals surface area contributed by atoms with Gasteiger partial charge in [-0.3, -0.25) is 0 Å². The molecule has 12 nitrogen and oxygen atoms in total. The van der Waals surface area contributed by atoms with Crippen molar-refractivity contribution in [2.75, 3.05) is 18.4 Å². The summed E-state index contributed by atoms with van der Waals surface area (Å²) in [6, 6.07) is -1.91. The van der Waals surface area contributed by atoms with Crippen molar-refractivity contribution >= 4 is 23.8 Å². The first-order valence-corrected chi connectivity index (χ1v) is 14.6. The molecule has 2 atom stereocenters. The first-order chi connectivity index (χ1) is 20.8. The number of aromatic nitrogens is 4. The van der Waals surface area contributed by atoms with Crippen molar-refractivity contribution in [1.29, 1.82) is 0 Å². The number of rotatable bonds is 6. The van der Waals surface area contributed by atoms with E-state index in [1.807, 2.05) is 0 Å². The predicted octanol–water partition coefficient (Wildman–Crippen LogP) is 5.28. The molecule has 0 aliphatic carbocycles. The monoisotopic (exact) mass is 651 g/mol. The average molecular weight is 652 g/mol. The lowest BCUT2D eigenvalue weighted by Crippen LogP contribution is -2.58. The molecule has 3 fully saturated rings. The predicted molar refractivity (Wildman–Crippen MR) is 145 cm³/mol. The number of nitrogens with zero attached hydrogens (tertiary/aromatic N) is 6. The van der Waals surface area contributed by atoms with Crippen LogP contribution in [0.4, 0.5) is 41.9 Å². The number of fused-ring (bicyclic) bond motifs is 3. The van der Waals surface area contributed by atoms with Crippen molar-refractivity contribution in [3.05, 3.63) is 11.8 Å². The standard InChI is InChI=1S/C27H35F6N7O5/c1-13(2)18-10-34-40-19(18)36-22(44-20(26(28,29)30)27(31,32)33)37-21(40)35-14-8-15-6-7-16(9-14)39(15)24(42)43-17-11-38(12-17)23(41)45-25(3,4)5/h10,13-17,20H,6-9,11-12H2,1-5H3,(H,35,36,37). The molecule has 5 rings (SSSR count). The summed E-state index contributed by atoms with van der Waals surface area (Å²) in [5, 5.41) is 7.31. The number of carbonyl (C=O) groups excluding carboxylic acids is 2. The molecule has 2 amide bonds. The number of halogens is 6. The Morgan fingerprint density at radius 3 is 2.09 bits per heavy atom. The van der Waals surface area contributed by atoms with Gasteiger partial charge in [0, 0.05) is 23.7 Å². The summed E-state index contributed by atoms with van der Waals surface area (Å²) in [6.07, 6.45) is -13.5. The normalized spacial score (nSPS) is 22.6. The summed E-state index contributed by atoms with van der Waals surface area (Å²) < 4.78 is 96.0. The molecular weight excluding hydrogens is 616 g/mol. The molecule has 2 aromatic heterocycles. The zero-order chi connectivity index (χ0) is 33.1. The van der Waals surface area contributed by atoms with Gasteiger partial charge in [-0.15, -0.1) is 0 Å². The van der Waals surface area contributed by atoms with E-state index in [9.17, 15) is 35.9 Å². The van der Waals surface area contributed by atoms with E-state index in [4.69, 9.17) is 9.47 Å². The Hall–Kier alpha value is -3.73. The molecule has 0 aromatic carbocycles. The van der Waals surface area contributed by atoms with Crippen LogP contribution >= 0.6 is 0 Å². The van der Waals surface area contributed by atoms with E-state index in [2.05, 4.69) is 25.1 Å². The van der Waals surface area contributed by atoms with Crippen LogP contribution in [0.5, 0.6) is 6.01 Å². The van der Waals surface area contributed by atoms with Gasteiger partial charge < -0.3 is 29.3 Å². The van der Waals surface area contributed by atoms with E-state index in [0.29, 0.717) is 31.2 Å². The van der Waals surface area contributed by atoms with Gasteiger partial charge in [0.2, 0.25) is 5.95 Å². The number of amides is 2. The van der Waals surface area contributed by atoms with Crippen LogP contribution in [0.15, 0.2) is 6.20 Å². The summed E-state index contributed by atoms with van der Waals surface area (Å²) in [5.41, 5.74) is -0.170. The maximum Gasteiger partial charge on any atom is 0.434 e. The number of likely N-dealkylation sites (tertiary alicyclic amines) is 1. The molecule has 0 radical (unpaired) electrons. The van der Waals surface area contributed by atoms with Crippen molar-refractivity contribution in [3.8, 4) is 6.01 Å². The number of carbonyl (C=O) groups is 2. The molecule has 0 saturated carbocycles.